The zero-order chi connectivity index (χ0) is 24.0. The molecule has 3 aromatic carbocycles. The van der Waals surface area contributed by atoms with Crippen LogP contribution in [0, 0.1) is 0 Å². The zero-order valence-corrected chi connectivity index (χ0v) is 19.5. The number of aromatic hydroxyl groups is 1. The molecule has 0 aliphatic carbocycles. The Hall–Kier alpha value is -3.56. The van der Waals surface area contributed by atoms with Crippen molar-refractivity contribution < 1.29 is 23.1 Å². The number of carbonyl (C=O) groups excluding carboxylic acids is 1. The number of methoxy groups -OCH3 is 1. The zero-order valence-electron chi connectivity index (χ0n) is 17.9. The Balaban J connectivity index is 1.69. The molecule has 0 saturated heterocycles. The Morgan fingerprint density at radius 2 is 1.85 bits per heavy atom. The van der Waals surface area contributed by atoms with Gasteiger partial charge in [0.25, 0.3) is 5.91 Å². The number of para-hydroxylation sites is 1. The molecule has 0 spiro atoms. The highest BCUT2D eigenvalue weighted by atomic mass is 35.5. The van der Waals surface area contributed by atoms with Gasteiger partial charge in [0.2, 0.25) is 10.0 Å². The van der Waals surface area contributed by atoms with E-state index in [-0.39, 0.29) is 12.3 Å². The van der Waals surface area contributed by atoms with Crippen LogP contribution in [0.3, 0.4) is 0 Å². The quantitative estimate of drug-likeness (QED) is 0.371. The summed E-state index contributed by atoms with van der Waals surface area (Å²) < 4.78 is 30.9. The van der Waals surface area contributed by atoms with Gasteiger partial charge in [-0.1, -0.05) is 35.9 Å². The number of halogens is 1. The second-order valence-corrected chi connectivity index (χ2v) is 9.39. The number of amides is 1. The molecule has 3 rings (SSSR count). The summed E-state index contributed by atoms with van der Waals surface area (Å²) in [7, 11) is -2.12. The number of hydrogen-bond donors (Lipinski definition) is 2. The van der Waals surface area contributed by atoms with Crippen molar-refractivity contribution in [2.45, 2.75) is 6.54 Å². The molecule has 1 amide bonds. The first-order valence-corrected chi connectivity index (χ1v) is 11.9. The van der Waals surface area contributed by atoms with Gasteiger partial charge in [-0.3, -0.25) is 9.10 Å². The molecular formula is C23H22ClN3O5S. The molecule has 8 nitrogen and oxygen atoms in total. The molecule has 0 saturated carbocycles. The first kappa shape index (κ1) is 24.1. The number of carbonyl (C=O) groups is 1. The Kier molecular flexibility index (Phi) is 7.57. The van der Waals surface area contributed by atoms with Crippen LogP contribution in [0.1, 0.15) is 21.5 Å². The lowest BCUT2D eigenvalue weighted by molar-refractivity contribution is 0.0955. The van der Waals surface area contributed by atoms with E-state index < -0.39 is 15.9 Å². The third kappa shape index (κ3) is 6.24. The van der Waals surface area contributed by atoms with Crippen molar-refractivity contribution in [3.63, 3.8) is 0 Å². The maximum Gasteiger partial charge on any atom is 0.271 e. The number of nitrogens with zero attached hydrogens (tertiary/aromatic N) is 2. The summed E-state index contributed by atoms with van der Waals surface area (Å²) in [5.41, 5.74) is 4.23. The molecule has 2 N–H and O–H groups in total. The number of benzene rings is 3. The molecule has 33 heavy (non-hydrogen) atoms. The SMILES string of the molecule is COc1cccc(/C=N\NC(=O)c2ccc(CN(c3cccc(Cl)c3)S(C)(=O)=O)cc2)c1O. The van der Waals surface area contributed by atoms with Crippen LogP contribution in [-0.2, 0) is 16.6 Å². The second-order valence-electron chi connectivity index (χ2n) is 7.04. The van der Waals surface area contributed by atoms with Crippen molar-refractivity contribution in [2.24, 2.45) is 5.10 Å². The number of nitrogens with one attached hydrogen (secondary N) is 1. The van der Waals surface area contributed by atoms with Gasteiger partial charge in [0, 0.05) is 16.1 Å². The summed E-state index contributed by atoms with van der Waals surface area (Å²) in [6.07, 6.45) is 2.42. The monoisotopic (exact) mass is 487 g/mol. The summed E-state index contributed by atoms with van der Waals surface area (Å²) in [5.74, 6) is -0.255. The summed E-state index contributed by atoms with van der Waals surface area (Å²) in [6.45, 7) is 0.0777. The predicted octanol–water partition coefficient (Wildman–Crippen LogP) is 3.78. The molecule has 0 aromatic heterocycles. The van der Waals surface area contributed by atoms with Gasteiger partial charge in [-0.05, 0) is 48.0 Å². The average molecular weight is 488 g/mol. The van der Waals surface area contributed by atoms with Crippen molar-refractivity contribution in [3.8, 4) is 11.5 Å². The van der Waals surface area contributed by atoms with Gasteiger partial charge in [0.1, 0.15) is 0 Å². The van der Waals surface area contributed by atoms with Gasteiger partial charge in [-0.15, -0.1) is 0 Å². The predicted molar refractivity (Wildman–Crippen MR) is 129 cm³/mol. The van der Waals surface area contributed by atoms with Gasteiger partial charge in [-0.25, -0.2) is 13.8 Å². The molecule has 0 atom stereocenters. The van der Waals surface area contributed by atoms with E-state index in [0.717, 1.165) is 6.26 Å². The van der Waals surface area contributed by atoms with E-state index in [0.29, 0.717) is 33.1 Å². The number of hydrazone groups is 1. The normalized spacial score (nSPS) is 11.4. The molecule has 0 fully saturated rings. The lowest BCUT2D eigenvalue weighted by atomic mass is 10.1. The third-order valence-corrected chi connectivity index (χ3v) is 6.03. The molecule has 3 aromatic rings. The maximum absolute atomic E-state index is 12.4. The van der Waals surface area contributed by atoms with Crippen molar-refractivity contribution in [2.75, 3.05) is 17.7 Å². The van der Waals surface area contributed by atoms with E-state index in [1.54, 1.807) is 66.7 Å². The van der Waals surface area contributed by atoms with E-state index in [9.17, 15) is 18.3 Å². The highest BCUT2D eigenvalue weighted by Gasteiger charge is 2.18. The number of ether oxygens (including phenoxy) is 1. The van der Waals surface area contributed by atoms with Gasteiger partial charge >= 0.3 is 0 Å². The molecule has 0 radical (unpaired) electrons. The van der Waals surface area contributed by atoms with Crippen molar-refractivity contribution in [1.82, 2.24) is 5.43 Å². The standard InChI is InChI=1S/C23H22ClN3O5S/c1-32-21-8-3-5-18(22(21)28)14-25-26-23(29)17-11-9-16(10-12-17)15-27(33(2,30)31)20-7-4-6-19(24)13-20/h3-14,28H,15H2,1-2H3,(H,26,29)/b25-14-. The fourth-order valence-electron chi connectivity index (χ4n) is 2.99. The van der Waals surface area contributed by atoms with Crippen LogP contribution >= 0.6 is 11.6 Å². The van der Waals surface area contributed by atoms with Crippen LogP contribution in [-0.4, -0.2) is 39.0 Å². The van der Waals surface area contributed by atoms with Crippen LogP contribution in [0.4, 0.5) is 5.69 Å². The van der Waals surface area contributed by atoms with Crippen LogP contribution in [0.15, 0.2) is 71.8 Å². The lowest BCUT2D eigenvalue weighted by Crippen LogP contribution is -2.29. The molecular weight excluding hydrogens is 466 g/mol. The molecule has 0 unspecified atom stereocenters. The van der Waals surface area contributed by atoms with Crippen molar-refractivity contribution in [1.29, 1.82) is 0 Å². The fraction of sp³-hybridized carbons (Fsp3) is 0.130. The first-order valence-electron chi connectivity index (χ1n) is 9.70. The molecule has 0 bridgehead atoms. The summed E-state index contributed by atoms with van der Waals surface area (Å²) in [6, 6.07) is 17.9. The smallest absolute Gasteiger partial charge is 0.271 e. The highest BCUT2D eigenvalue weighted by molar-refractivity contribution is 7.92. The molecule has 10 heteroatoms. The van der Waals surface area contributed by atoms with E-state index in [4.69, 9.17) is 16.3 Å². The minimum atomic E-state index is -3.56. The minimum Gasteiger partial charge on any atom is -0.504 e. The number of anilines is 1. The van der Waals surface area contributed by atoms with Crippen LogP contribution in [0.25, 0.3) is 0 Å². The summed E-state index contributed by atoms with van der Waals surface area (Å²) in [4.78, 5) is 12.4. The fourth-order valence-corrected chi connectivity index (χ4v) is 4.06. The summed E-state index contributed by atoms with van der Waals surface area (Å²) in [5, 5.41) is 14.3. The molecule has 172 valence electrons. The Morgan fingerprint density at radius 3 is 2.48 bits per heavy atom. The molecule has 0 aliphatic rings. The molecule has 0 aliphatic heterocycles. The van der Waals surface area contributed by atoms with Crippen LogP contribution in [0.5, 0.6) is 11.5 Å². The lowest BCUT2D eigenvalue weighted by Gasteiger charge is -2.22. The van der Waals surface area contributed by atoms with Crippen molar-refractivity contribution >= 4 is 39.4 Å². The number of rotatable bonds is 8. The van der Waals surface area contributed by atoms with E-state index in [1.165, 1.54) is 17.6 Å². The molecule has 0 heterocycles. The largest absolute Gasteiger partial charge is 0.504 e. The summed E-state index contributed by atoms with van der Waals surface area (Å²) >= 11 is 6.00. The Labute approximate surface area is 197 Å². The maximum atomic E-state index is 12.4. The Bertz CT molecular complexity index is 1280. The van der Waals surface area contributed by atoms with Gasteiger partial charge < -0.3 is 9.84 Å². The highest BCUT2D eigenvalue weighted by Crippen LogP contribution is 2.28. The Morgan fingerprint density at radius 1 is 1.15 bits per heavy atom. The van der Waals surface area contributed by atoms with Gasteiger partial charge in [-0.2, -0.15) is 5.10 Å². The number of phenolic OH excluding ortho intramolecular Hbond substituents is 1. The minimum absolute atomic E-state index is 0.0777. The number of sulfonamides is 1. The second kappa shape index (κ2) is 10.4. The van der Waals surface area contributed by atoms with Crippen LogP contribution < -0.4 is 14.5 Å². The van der Waals surface area contributed by atoms with Crippen LogP contribution in [0.2, 0.25) is 5.02 Å². The van der Waals surface area contributed by atoms with E-state index in [1.807, 2.05) is 0 Å². The van der Waals surface area contributed by atoms with Crippen molar-refractivity contribution in [3.05, 3.63) is 88.4 Å². The third-order valence-electron chi connectivity index (χ3n) is 4.66. The number of hydrogen-bond acceptors (Lipinski definition) is 6. The van der Waals surface area contributed by atoms with Gasteiger partial charge in [0.15, 0.2) is 11.5 Å². The van der Waals surface area contributed by atoms with E-state index >= 15 is 0 Å². The number of phenols is 1. The van der Waals surface area contributed by atoms with Gasteiger partial charge in [0.05, 0.1) is 31.8 Å². The topological polar surface area (TPSA) is 108 Å². The van der Waals surface area contributed by atoms with E-state index in [2.05, 4.69) is 10.5 Å². The first-order chi connectivity index (χ1) is 15.7. The average Bonchev–Trinajstić information content (AvgIpc) is 2.78.